The van der Waals surface area contributed by atoms with E-state index in [0.717, 1.165) is 51.5 Å². The van der Waals surface area contributed by atoms with E-state index in [2.05, 4.69) is 12.2 Å². The molecular weight excluding hydrogens is 268 g/mol. The first-order valence-electron chi connectivity index (χ1n) is 8.39. The minimum Gasteiger partial charge on any atom is -0.481 e. The van der Waals surface area contributed by atoms with Crippen LogP contribution in [0.1, 0.15) is 58.3 Å². The van der Waals surface area contributed by atoms with Gasteiger partial charge in [-0.2, -0.15) is 0 Å². The van der Waals surface area contributed by atoms with Crippen molar-refractivity contribution in [2.45, 2.75) is 64.3 Å². The number of carboxylic acids is 1. The number of hydrogen-bond acceptors (Lipinski definition) is 2. The zero-order valence-electron chi connectivity index (χ0n) is 13.0. The highest BCUT2D eigenvalue weighted by Crippen LogP contribution is 2.28. The first-order valence-corrected chi connectivity index (χ1v) is 8.39. The largest absolute Gasteiger partial charge is 0.481 e. The number of carboxylic acid groups (broad SMARTS) is 1. The summed E-state index contributed by atoms with van der Waals surface area (Å²) in [6.45, 7) is 3.71. The van der Waals surface area contributed by atoms with Gasteiger partial charge in [0.2, 0.25) is 0 Å². The first kappa shape index (κ1) is 16.1. The Labute approximate surface area is 127 Å². The topological polar surface area (TPSA) is 69.6 Å². The zero-order valence-corrected chi connectivity index (χ0v) is 13.0. The Morgan fingerprint density at radius 3 is 2.48 bits per heavy atom. The lowest BCUT2D eigenvalue weighted by molar-refractivity contribution is -0.143. The van der Waals surface area contributed by atoms with Crippen molar-refractivity contribution in [2.24, 2.45) is 11.8 Å². The summed E-state index contributed by atoms with van der Waals surface area (Å²) in [6.07, 6.45) is 7.79. The van der Waals surface area contributed by atoms with Gasteiger partial charge in [0.05, 0.1) is 5.92 Å². The van der Waals surface area contributed by atoms with E-state index < -0.39 is 5.97 Å². The average Bonchev–Trinajstić information content (AvgIpc) is 2.52. The van der Waals surface area contributed by atoms with Gasteiger partial charge in [0.25, 0.3) is 0 Å². The molecule has 2 aliphatic rings. The van der Waals surface area contributed by atoms with Gasteiger partial charge in [-0.15, -0.1) is 0 Å². The molecule has 2 rings (SSSR count). The molecule has 120 valence electrons. The van der Waals surface area contributed by atoms with Crippen molar-refractivity contribution in [1.82, 2.24) is 10.2 Å². The maximum Gasteiger partial charge on any atom is 0.317 e. The van der Waals surface area contributed by atoms with Gasteiger partial charge in [0.15, 0.2) is 0 Å². The lowest BCUT2D eigenvalue weighted by Crippen LogP contribution is -2.49. The second-order valence-electron chi connectivity index (χ2n) is 6.49. The van der Waals surface area contributed by atoms with Gasteiger partial charge >= 0.3 is 12.0 Å². The molecule has 0 aromatic heterocycles. The lowest BCUT2D eigenvalue weighted by atomic mass is 9.82. The third kappa shape index (κ3) is 4.35. The van der Waals surface area contributed by atoms with E-state index >= 15 is 0 Å². The van der Waals surface area contributed by atoms with Gasteiger partial charge in [0.1, 0.15) is 0 Å². The van der Waals surface area contributed by atoms with Crippen LogP contribution in [0.4, 0.5) is 4.79 Å². The quantitative estimate of drug-likeness (QED) is 0.838. The number of carbonyl (C=O) groups is 2. The number of nitrogens with one attached hydrogen (secondary N) is 1. The van der Waals surface area contributed by atoms with Crippen LogP contribution in [-0.4, -0.2) is 41.1 Å². The van der Waals surface area contributed by atoms with E-state index in [-0.39, 0.29) is 11.9 Å². The molecule has 1 heterocycles. The summed E-state index contributed by atoms with van der Waals surface area (Å²) in [5, 5.41) is 12.1. The molecule has 0 radical (unpaired) electrons. The second-order valence-corrected chi connectivity index (χ2v) is 6.49. The van der Waals surface area contributed by atoms with Crippen molar-refractivity contribution in [3.05, 3.63) is 0 Å². The van der Waals surface area contributed by atoms with E-state index in [0.29, 0.717) is 18.5 Å². The molecule has 0 aromatic carbocycles. The third-order valence-corrected chi connectivity index (χ3v) is 5.10. The van der Waals surface area contributed by atoms with Gasteiger partial charge in [-0.25, -0.2) is 4.79 Å². The van der Waals surface area contributed by atoms with Crippen LogP contribution in [0.3, 0.4) is 0 Å². The molecule has 1 aliphatic heterocycles. The molecule has 2 fully saturated rings. The fourth-order valence-corrected chi connectivity index (χ4v) is 3.64. The normalized spacial score (nSPS) is 30.0. The Bertz CT molecular complexity index is 365. The number of hydrogen-bond donors (Lipinski definition) is 2. The van der Waals surface area contributed by atoms with E-state index in [4.69, 9.17) is 5.11 Å². The molecule has 1 unspecified atom stereocenters. The smallest absolute Gasteiger partial charge is 0.317 e. The molecule has 1 atom stereocenters. The Balaban J connectivity index is 1.73. The summed E-state index contributed by atoms with van der Waals surface area (Å²) in [7, 11) is 0. The predicted octanol–water partition coefficient (Wildman–Crippen LogP) is 2.85. The number of likely N-dealkylation sites (tertiary alicyclic amines) is 1. The van der Waals surface area contributed by atoms with Crippen LogP contribution >= 0.6 is 0 Å². The Hall–Kier alpha value is -1.26. The first-order chi connectivity index (χ1) is 10.1. The highest BCUT2D eigenvalue weighted by Gasteiger charge is 2.28. The lowest BCUT2D eigenvalue weighted by Gasteiger charge is -2.36. The molecule has 1 aliphatic carbocycles. The summed E-state index contributed by atoms with van der Waals surface area (Å²) in [6, 6.07) is 0.461. The summed E-state index contributed by atoms with van der Waals surface area (Å²) >= 11 is 0. The van der Waals surface area contributed by atoms with Crippen molar-refractivity contribution in [2.75, 3.05) is 13.1 Å². The molecule has 5 nitrogen and oxygen atoms in total. The van der Waals surface area contributed by atoms with E-state index in [1.165, 1.54) is 6.42 Å². The molecule has 0 aromatic rings. The highest BCUT2D eigenvalue weighted by molar-refractivity contribution is 5.74. The van der Waals surface area contributed by atoms with Crippen LogP contribution in [0, 0.1) is 11.8 Å². The van der Waals surface area contributed by atoms with Gasteiger partial charge < -0.3 is 15.3 Å². The van der Waals surface area contributed by atoms with Crippen molar-refractivity contribution in [3.8, 4) is 0 Å². The third-order valence-electron chi connectivity index (χ3n) is 5.10. The summed E-state index contributed by atoms with van der Waals surface area (Å²) in [5.74, 6) is -0.408. The SMILES string of the molecule is CCC1CCCCN1C(=O)NCC1CCC(C(=O)O)CC1. The molecule has 0 bridgehead atoms. The van der Waals surface area contributed by atoms with Crippen LogP contribution in [0.15, 0.2) is 0 Å². The van der Waals surface area contributed by atoms with E-state index in [9.17, 15) is 9.59 Å². The molecule has 5 heteroatoms. The Kier molecular flexibility index (Phi) is 5.88. The number of carbonyl (C=O) groups excluding carboxylic acids is 1. The van der Waals surface area contributed by atoms with Crippen molar-refractivity contribution in [3.63, 3.8) is 0 Å². The van der Waals surface area contributed by atoms with Crippen molar-refractivity contribution < 1.29 is 14.7 Å². The maximum absolute atomic E-state index is 12.3. The van der Waals surface area contributed by atoms with Crippen LogP contribution in [-0.2, 0) is 4.79 Å². The van der Waals surface area contributed by atoms with Crippen molar-refractivity contribution in [1.29, 1.82) is 0 Å². The maximum atomic E-state index is 12.3. The van der Waals surface area contributed by atoms with Crippen molar-refractivity contribution >= 4 is 12.0 Å². The summed E-state index contributed by atoms with van der Waals surface area (Å²) in [4.78, 5) is 25.2. The molecular formula is C16H28N2O3. The molecule has 2 N–H and O–H groups in total. The summed E-state index contributed by atoms with van der Waals surface area (Å²) < 4.78 is 0. The fraction of sp³-hybridized carbons (Fsp3) is 0.875. The number of aliphatic carboxylic acids is 1. The number of rotatable bonds is 4. The number of piperidine rings is 1. The number of urea groups is 1. The van der Waals surface area contributed by atoms with Crippen LogP contribution in [0.5, 0.6) is 0 Å². The minimum absolute atomic E-state index is 0.0712. The van der Waals surface area contributed by atoms with Crippen LogP contribution in [0.2, 0.25) is 0 Å². The molecule has 2 amide bonds. The van der Waals surface area contributed by atoms with Gasteiger partial charge in [0, 0.05) is 19.1 Å². The molecule has 21 heavy (non-hydrogen) atoms. The standard InChI is InChI=1S/C16H28N2O3/c1-2-14-5-3-4-10-18(14)16(21)17-11-12-6-8-13(9-7-12)15(19)20/h12-14H,2-11H2,1H3,(H,17,21)(H,19,20). The Morgan fingerprint density at radius 1 is 1.14 bits per heavy atom. The van der Waals surface area contributed by atoms with Gasteiger partial charge in [-0.3, -0.25) is 4.79 Å². The fourth-order valence-electron chi connectivity index (χ4n) is 3.64. The summed E-state index contributed by atoms with van der Waals surface area (Å²) in [5.41, 5.74) is 0. The number of nitrogens with zero attached hydrogens (tertiary/aromatic N) is 1. The second kappa shape index (κ2) is 7.66. The average molecular weight is 296 g/mol. The van der Waals surface area contributed by atoms with Crippen LogP contribution in [0.25, 0.3) is 0 Å². The number of amides is 2. The molecule has 1 saturated heterocycles. The highest BCUT2D eigenvalue weighted by atomic mass is 16.4. The van der Waals surface area contributed by atoms with Gasteiger partial charge in [-0.05, 0) is 57.3 Å². The monoisotopic (exact) mass is 296 g/mol. The molecule has 0 spiro atoms. The van der Waals surface area contributed by atoms with E-state index in [1.807, 2.05) is 4.90 Å². The Morgan fingerprint density at radius 2 is 1.86 bits per heavy atom. The van der Waals surface area contributed by atoms with E-state index in [1.54, 1.807) is 0 Å². The molecule has 1 saturated carbocycles. The predicted molar refractivity (Wildman–Crippen MR) is 81.1 cm³/mol. The van der Waals surface area contributed by atoms with Crippen LogP contribution < -0.4 is 5.32 Å². The van der Waals surface area contributed by atoms with Gasteiger partial charge in [-0.1, -0.05) is 6.92 Å². The minimum atomic E-state index is -0.670. The zero-order chi connectivity index (χ0) is 15.2.